The summed E-state index contributed by atoms with van der Waals surface area (Å²) in [5, 5.41) is 20.1. The fraction of sp³-hybridized carbons (Fsp3) is 0.618. The number of likely N-dealkylation sites (N-methyl/N-ethyl adjacent to an activating group) is 1. The summed E-state index contributed by atoms with van der Waals surface area (Å²) in [6, 6.07) is 6.64. The van der Waals surface area contributed by atoms with Crippen LogP contribution >= 0.6 is 0 Å². The van der Waals surface area contributed by atoms with E-state index in [1.165, 1.54) is 12.5 Å². The molecule has 5 N–H and O–H groups in total. The molecule has 0 radical (unpaired) electrons. The Morgan fingerprint density at radius 3 is 2.19 bits per heavy atom. The van der Waals surface area contributed by atoms with Gasteiger partial charge in [-0.05, 0) is 90.2 Å². The van der Waals surface area contributed by atoms with Crippen molar-refractivity contribution in [3.8, 4) is 0 Å². The van der Waals surface area contributed by atoms with E-state index in [4.69, 9.17) is 5.11 Å². The molecule has 1 aliphatic carbocycles. The molecule has 0 bridgehead atoms. The van der Waals surface area contributed by atoms with Gasteiger partial charge in [0.25, 0.3) is 0 Å². The second kappa shape index (κ2) is 20.7. The molecule has 1 aliphatic heterocycles. The van der Waals surface area contributed by atoms with Crippen molar-refractivity contribution < 1.29 is 19.5 Å². The van der Waals surface area contributed by atoms with E-state index < -0.39 is 12.1 Å². The number of aliphatic hydroxyl groups is 1. The number of rotatable bonds is 11. The molecule has 4 unspecified atom stereocenters. The number of allylic oxidation sites excluding steroid dienone is 1. The van der Waals surface area contributed by atoms with Gasteiger partial charge in [0.1, 0.15) is 17.8 Å². The van der Waals surface area contributed by atoms with Crippen LogP contribution in [0, 0.1) is 12.8 Å². The van der Waals surface area contributed by atoms with Crippen LogP contribution < -0.4 is 21.3 Å². The van der Waals surface area contributed by atoms with Gasteiger partial charge < -0.3 is 31.3 Å². The van der Waals surface area contributed by atoms with E-state index in [-0.39, 0.29) is 41.5 Å². The van der Waals surface area contributed by atoms with E-state index in [2.05, 4.69) is 60.4 Å². The number of hydrogen-bond acceptors (Lipinski definition) is 6. The molecule has 3 rings (SSSR count). The number of aryl methyl sites for hydroxylation is 1. The number of likely N-dealkylation sites (tertiary alicyclic amines) is 1. The number of carbonyl (C=O) groups excluding carboxylic acids is 3. The largest absolute Gasteiger partial charge is 0.509 e. The van der Waals surface area contributed by atoms with Gasteiger partial charge in [0.05, 0.1) is 12.1 Å². The first-order chi connectivity index (χ1) is 20.6. The van der Waals surface area contributed by atoms with Crippen LogP contribution in [0.25, 0.3) is 0 Å². The van der Waals surface area contributed by atoms with Crippen LogP contribution in [0.4, 0.5) is 0 Å². The number of nitrogens with one attached hydrogen (secondary N) is 4. The minimum absolute atomic E-state index is 0.0185. The molecule has 1 saturated heterocycles. The molecule has 0 aromatic heterocycles. The topological polar surface area (TPSA) is 123 Å². The Labute approximate surface area is 260 Å². The van der Waals surface area contributed by atoms with Crippen LogP contribution in [0.2, 0.25) is 0 Å². The van der Waals surface area contributed by atoms with Crippen molar-refractivity contribution in [3.63, 3.8) is 0 Å². The molecule has 1 aromatic rings. The molecule has 1 saturated carbocycles. The fourth-order valence-corrected chi connectivity index (χ4v) is 5.58. The maximum Gasteiger partial charge on any atom is 0.246 e. The summed E-state index contributed by atoms with van der Waals surface area (Å²) >= 11 is 0. The highest BCUT2D eigenvalue weighted by Crippen LogP contribution is 2.30. The quantitative estimate of drug-likeness (QED) is 0.186. The standard InChI is InChI=1S/C28H44N4O3.C4H6O.C2H7N/c1-5-12-23(22-16-10-9-13-19(22)2)30-27(34)24-17-11-18-32(24)28(35)25(21-14-7-6-8-15-21)31-26(33)20(3)29-4;1-3-4(2)5;1-3-2/h9-10,13,16,20-21,23-25,29H,5-8,11-12,14-15,17-18H2,1-4H3,(H,30,34)(H,31,33);3,5H,1-2H2;3H,1-2H3. The lowest BCUT2D eigenvalue weighted by Gasteiger charge is -2.35. The summed E-state index contributed by atoms with van der Waals surface area (Å²) in [6.07, 6.45) is 9.71. The van der Waals surface area contributed by atoms with Crippen molar-refractivity contribution in [2.24, 2.45) is 5.92 Å². The second-order valence-electron chi connectivity index (χ2n) is 11.5. The summed E-state index contributed by atoms with van der Waals surface area (Å²) in [5.74, 6) is -0.221. The minimum atomic E-state index is -0.574. The number of carbonyl (C=O) groups is 3. The van der Waals surface area contributed by atoms with Gasteiger partial charge in [-0.15, -0.1) is 0 Å². The molecule has 9 nitrogen and oxygen atoms in total. The molecular weight excluding hydrogens is 542 g/mol. The summed E-state index contributed by atoms with van der Waals surface area (Å²) in [6.45, 7) is 12.9. The van der Waals surface area contributed by atoms with Crippen LogP contribution in [-0.4, -0.2) is 73.5 Å². The second-order valence-corrected chi connectivity index (χ2v) is 11.5. The predicted molar refractivity (Wildman–Crippen MR) is 176 cm³/mol. The third-order valence-corrected chi connectivity index (χ3v) is 8.04. The summed E-state index contributed by atoms with van der Waals surface area (Å²) < 4.78 is 0. The SMILES string of the molecule is C=CC(=C)O.CCCC(NC(=O)C1CCCN1C(=O)C(NC(=O)C(C)NC)C1CCCCC1)c1ccccc1C.CNC. The number of nitrogens with zero attached hydrogens (tertiary/aromatic N) is 1. The zero-order valence-electron chi connectivity index (χ0n) is 27.4. The number of hydrogen-bond donors (Lipinski definition) is 5. The highest BCUT2D eigenvalue weighted by atomic mass is 16.3. The average Bonchev–Trinajstić information content (AvgIpc) is 3.50. The molecular formula is C34H57N5O4. The smallest absolute Gasteiger partial charge is 0.246 e. The summed E-state index contributed by atoms with van der Waals surface area (Å²) in [4.78, 5) is 41.8. The summed E-state index contributed by atoms with van der Waals surface area (Å²) in [5.41, 5.74) is 2.29. The van der Waals surface area contributed by atoms with Gasteiger partial charge in [0, 0.05) is 6.54 Å². The zero-order chi connectivity index (χ0) is 32.4. The molecule has 9 heteroatoms. The Morgan fingerprint density at radius 1 is 1.05 bits per heavy atom. The highest BCUT2D eigenvalue weighted by Gasteiger charge is 2.41. The Bertz CT molecular complexity index is 1020. The molecule has 4 atom stereocenters. The van der Waals surface area contributed by atoms with Gasteiger partial charge >= 0.3 is 0 Å². The normalized spacial score (nSPS) is 18.5. The van der Waals surface area contributed by atoms with Gasteiger partial charge in [-0.25, -0.2) is 0 Å². The first-order valence-corrected chi connectivity index (χ1v) is 15.8. The van der Waals surface area contributed by atoms with Crippen LogP contribution in [0.3, 0.4) is 0 Å². The molecule has 1 heterocycles. The van der Waals surface area contributed by atoms with E-state index in [0.29, 0.717) is 13.0 Å². The van der Waals surface area contributed by atoms with Crippen molar-refractivity contribution in [1.82, 2.24) is 26.2 Å². The van der Waals surface area contributed by atoms with Crippen molar-refractivity contribution >= 4 is 17.7 Å². The summed E-state index contributed by atoms with van der Waals surface area (Å²) in [7, 11) is 5.49. The number of amides is 3. The van der Waals surface area contributed by atoms with E-state index in [9.17, 15) is 14.4 Å². The van der Waals surface area contributed by atoms with E-state index in [1.54, 1.807) is 18.9 Å². The van der Waals surface area contributed by atoms with E-state index >= 15 is 0 Å². The zero-order valence-corrected chi connectivity index (χ0v) is 27.4. The molecule has 3 amide bonds. The Morgan fingerprint density at radius 2 is 1.65 bits per heavy atom. The van der Waals surface area contributed by atoms with Gasteiger partial charge in [0.2, 0.25) is 17.7 Å². The lowest BCUT2D eigenvalue weighted by atomic mass is 9.83. The Kier molecular flexibility index (Phi) is 18.2. The van der Waals surface area contributed by atoms with Gasteiger partial charge in [0.15, 0.2) is 0 Å². The number of aliphatic hydroxyl groups excluding tert-OH is 1. The third-order valence-electron chi connectivity index (χ3n) is 8.04. The first kappa shape index (κ1) is 37.9. The van der Waals surface area contributed by atoms with Crippen LogP contribution in [0.15, 0.2) is 49.3 Å². The van der Waals surface area contributed by atoms with Gasteiger partial charge in [-0.2, -0.15) is 0 Å². The lowest BCUT2D eigenvalue weighted by Crippen LogP contribution is -2.58. The van der Waals surface area contributed by atoms with Crippen molar-refractivity contribution in [2.75, 3.05) is 27.7 Å². The lowest BCUT2D eigenvalue weighted by molar-refractivity contribution is -0.143. The molecule has 1 aromatic carbocycles. The maximum atomic E-state index is 13.9. The van der Waals surface area contributed by atoms with E-state index in [1.807, 2.05) is 26.2 Å². The number of benzene rings is 1. The van der Waals surface area contributed by atoms with Gasteiger partial charge in [-0.3, -0.25) is 14.4 Å². The van der Waals surface area contributed by atoms with Crippen LogP contribution in [0.5, 0.6) is 0 Å². The Balaban J connectivity index is 0.00000103. The van der Waals surface area contributed by atoms with Crippen LogP contribution in [-0.2, 0) is 14.4 Å². The Hall–Kier alpha value is -3.17. The fourth-order valence-electron chi connectivity index (χ4n) is 5.58. The first-order valence-electron chi connectivity index (χ1n) is 15.8. The van der Waals surface area contributed by atoms with Gasteiger partial charge in [-0.1, -0.05) is 70.0 Å². The monoisotopic (exact) mass is 599 g/mol. The van der Waals surface area contributed by atoms with E-state index in [0.717, 1.165) is 56.1 Å². The highest BCUT2D eigenvalue weighted by molar-refractivity contribution is 5.93. The van der Waals surface area contributed by atoms with Crippen LogP contribution in [0.1, 0.15) is 88.8 Å². The third kappa shape index (κ3) is 12.5. The maximum absolute atomic E-state index is 13.9. The molecule has 0 spiro atoms. The predicted octanol–water partition coefficient (Wildman–Crippen LogP) is 4.70. The van der Waals surface area contributed by atoms with Crippen molar-refractivity contribution in [3.05, 3.63) is 60.4 Å². The average molecular weight is 600 g/mol. The molecule has 242 valence electrons. The molecule has 43 heavy (non-hydrogen) atoms. The molecule has 2 fully saturated rings. The van der Waals surface area contributed by atoms with Crippen molar-refractivity contribution in [1.29, 1.82) is 0 Å². The van der Waals surface area contributed by atoms with Crippen molar-refractivity contribution in [2.45, 2.75) is 103 Å². The molecule has 2 aliphatic rings. The minimum Gasteiger partial charge on any atom is -0.509 e.